The molecule has 1 aliphatic rings. The van der Waals surface area contributed by atoms with Crippen LogP contribution >= 0.6 is 11.3 Å². The third-order valence-electron chi connectivity index (χ3n) is 4.63. The highest BCUT2D eigenvalue weighted by atomic mass is 32.1. The molecule has 1 saturated heterocycles. The largest absolute Gasteiger partial charge is 0.497 e. The molecule has 0 unspecified atom stereocenters. The third kappa shape index (κ3) is 3.75. The van der Waals surface area contributed by atoms with Gasteiger partial charge in [-0.05, 0) is 48.5 Å². The molecule has 6 heteroatoms. The number of methoxy groups -OCH3 is 1. The van der Waals surface area contributed by atoms with Gasteiger partial charge >= 0.3 is 0 Å². The minimum atomic E-state index is 0.902. The summed E-state index contributed by atoms with van der Waals surface area (Å²) in [5, 5.41) is 6.22. The second-order valence-corrected chi connectivity index (χ2v) is 7.08. The highest BCUT2D eigenvalue weighted by Gasteiger charge is 2.17. The van der Waals surface area contributed by atoms with Crippen LogP contribution in [0.15, 0.2) is 60.1 Å². The fourth-order valence-corrected chi connectivity index (χ4v) is 3.73. The summed E-state index contributed by atoms with van der Waals surface area (Å²) >= 11 is 1.60. The fraction of sp³-hybridized carbons (Fsp3) is 0.250. The lowest BCUT2D eigenvalue weighted by molar-refractivity contribution is 0.415. The summed E-state index contributed by atoms with van der Waals surface area (Å²) in [6.45, 7) is 4.08. The van der Waals surface area contributed by atoms with E-state index in [0.717, 1.165) is 42.7 Å². The summed E-state index contributed by atoms with van der Waals surface area (Å²) in [4.78, 5) is 9.12. The van der Waals surface area contributed by atoms with Crippen LogP contribution in [-0.4, -0.2) is 38.3 Å². The van der Waals surface area contributed by atoms with Crippen LogP contribution in [0.5, 0.6) is 5.75 Å². The van der Waals surface area contributed by atoms with Crippen molar-refractivity contribution in [3.8, 4) is 5.75 Å². The fourth-order valence-electron chi connectivity index (χ4n) is 3.18. The summed E-state index contributed by atoms with van der Waals surface area (Å²) in [6, 6.07) is 16.9. The highest BCUT2D eigenvalue weighted by Crippen LogP contribution is 2.25. The summed E-state index contributed by atoms with van der Waals surface area (Å²) < 4.78 is 5.24. The number of anilines is 4. The van der Waals surface area contributed by atoms with E-state index in [-0.39, 0.29) is 0 Å². The molecule has 0 aliphatic carbocycles. The summed E-state index contributed by atoms with van der Waals surface area (Å²) in [5.74, 6) is 0.902. The molecule has 2 heterocycles. The molecule has 1 aromatic heterocycles. The van der Waals surface area contributed by atoms with Crippen LogP contribution in [0.1, 0.15) is 0 Å². The van der Waals surface area contributed by atoms with Crippen molar-refractivity contribution in [2.45, 2.75) is 0 Å². The number of nitrogens with one attached hydrogen (secondary N) is 1. The van der Waals surface area contributed by atoms with Crippen LogP contribution in [0, 0.1) is 0 Å². The summed E-state index contributed by atoms with van der Waals surface area (Å²) in [5.41, 5.74) is 3.60. The van der Waals surface area contributed by atoms with Crippen LogP contribution in [0.25, 0.3) is 0 Å². The van der Waals surface area contributed by atoms with Crippen molar-refractivity contribution in [1.82, 2.24) is 4.98 Å². The first-order chi connectivity index (χ1) is 12.8. The maximum Gasteiger partial charge on any atom is 0.187 e. The Hall–Kier alpha value is -2.73. The van der Waals surface area contributed by atoms with E-state index in [4.69, 9.17) is 4.74 Å². The smallest absolute Gasteiger partial charge is 0.187 e. The first kappa shape index (κ1) is 16.7. The van der Waals surface area contributed by atoms with Crippen molar-refractivity contribution in [2.75, 3.05) is 48.4 Å². The van der Waals surface area contributed by atoms with Gasteiger partial charge in [0.05, 0.1) is 7.11 Å². The van der Waals surface area contributed by atoms with Gasteiger partial charge in [-0.3, -0.25) is 0 Å². The third-order valence-corrected chi connectivity index (χ3v) is 5.32. The predicted molar refractivity (Wildman–Crippen MR) is 109 cm³/mol. The Morgan fingerprint density at radius 3 is 1.96 bits per heavy atom. The number of aromatic nitrogens is 1. The van der Waals surface area contributed by atoms with Crippen LogP contribution in [0.3, 0.4) is 0 Å². The average molecular weight is 366 g/mol. The number of benzene rings is 2. The van der Waals surface area contributed by atoms with Crippen molar-refractivity contribution >= 4 is 33.5 Å². The van der Waals surface area contributed by atoms with Gasteiger partial charge in [0.2, 0.25) is 0 Å². The first-order valence-corrected chi connectivity index (χ1v) is 9.60. The van der Waals surface area contributed by atoms with E-state index < -0.39 is 0 Å². The zero-order valence-electron chi connectivity index (χ0n) is 14.8. The van der Waals surface area contributed by atoms with Crippen molar-refractivity contribution in [3.05, 3.63) is 60.1 Å². The molecule has 1 fully saturated rings. The number of rotatable bonds is 5. The molecule has 0 atom stereocenters. The zero-order valence-corrected chi connectivity index (χ0v) is 15.6. The topological polar surface area (TPSA) is 40.6 Å². The van der Waals surface area contributed by atoms with Crippen molar-refractivity contribution in [1.29, 1.82) is 0 Å². The highest BCUT2D eigenvalue weighted by molar-refractivity contribution is 7.13. The van der Waals surface area contributed by atoms with Gasteiger partial charge in [0.15, 0.2) is 5.13 Å². The van der Waals surface area contributed by atoms with Gasteiger partial charge in [-0.15, -0.1) is 11.3 Å². The molecule has 0 saturated carbocycles. The molecule has 5 nitrogen and oxygen atoms in total. The average Bonchev–Trinajstić information content (AvgIpc) is 3.22. The summed E-state index contributed by atoms with van der Waals surface area (Å²) in [7, 11) is 1.70. The molecule has 1 N–H and O–H groups in total. The van der Waals surface area contributed by atoms with Crippen LogP contribution in [0.4, 0.5) is 22.2 Å². The molecule has 134 valence electrons. The number of hydrogen-bond acceptors (Lipinski definition) is 6. The molecule has 4 rings (SSSR count). The quantitative estimate of drug-likeness (QED) is 0.732. The van der Waals surface area contributed by atoms with E-state index in [1.807, 2.05) is 23.7 Å². The monoisotopic (exact) mass is 366 g/mol. The Bertz CT molecular complexity index is 810. The predicted octanol–water partition coefficient (Wildman–Crippen LogP) is 4.22. The van der Waals surface area contributed by atoms with Crippen LogP contribution in [0.2, 0.25) is 0 Å². The van der Waals surface area contributed by atoms with E-state index in [1.54, 1.807) is 18.4 Å². The molecule has 0 radical (unpaired) electrons. The van der Waals surface area contributed by atoms with Crippen molar-refractivity contribution < 1.29 is 4.74 Å². The second kappa shape index (κ2) is 7.66. The van der Waals surface area contributed by atoms with Gasteiger partial charge in [-0.25, -0.2) is 4.98 Å². The second-order valence-electron chi connectivity index (χ2n) is 6.18. The minimum Gasteiger partial charge on any atom is -0.497 e. The number of ether oxygens (including phenoxy) is 1. The minimum absolute atomic E-state index is 0.902. The maximum atomic E-state index is 5.24. The van der Waals surface area contributed by atoms with Crippen LogP contribution in [-0.2, 0) is 0 Å². The van der Waals surface area contributed by atoms with Crippen molar-refractivity contribution in [3.63, 3.8) is 0 Å². The Morgan fingerprint density at radius 1 is 0.885 bits per heavy atom. The van der Waals surface area contributed by atoms with Gasteiger partial charge in [0, 0.05) is 54.8 Å². The van der Waals surface area contributed by atoms with E-state index in [2.05, 4.69) is 56.5 Å². The summed E-state index contributed by atoms with van der Waals surface area (Å²) in [6.07, 6.45) is 1.81. The van der Waals surface area contributed by atoms with E-state index in [1.165, 1.54) is 11.4 Å². The molecule has 0 spiro atoms. The lowest BCUT2D eigenvalue weighted by Crippen LogP contribution is -2.46. The molecule has 0 bridgehead atoms. The molecule has 26 heavy (non-hydrogen) atoms. The standard InChI is InChI=1S/C20H22N4OS/c1-25-19-8-6-18(7-9-19)24-13-11-23(12-14-24)17-4-2-16(3-5-17)22-20-21-10-15-26-20/h2-10,15H,11-14H2,1H3,(H,21,22). The van der Waals surface area contributed by atoms with Gasteiger partial charge in [-0.2, -0.15) is 0 Å². The zero-order chi connectivity index (χ0) is 17.8. The van der Waals surface area contributed by atoms with E-state index in [0.29, 0.717) is 0 Å². The Morgan fingerprint density at radius 2 is 1.46 bits per heavy atom. The lowest BCUT2D eigenvalue weighted by Gasteiger charge is -2.37. The van der Waals surface area contributed by atoms with Crippen LogP contribution < -0.4 is 19.9 Å². The maximum absolute atomic E-state index is 5.24. The number of piperazine rings is 1. The molecular formula is C20H22N4OS. The Balaban J connectivity index is 1.35. The number of thiazole rings is 1. The van der Waals surface area contributed by atoms with Crippen molar-refractivity contribution in [2.24, 2.45) is 0 Å². The Labute approximate surface area is 157 Å². The lowest BCUT2D eigenvalue weighted by atomic mass is 10.2. The molecule has 2 aromatic carbocycles. The number of nitrogens with zero attached hydrogens (tertiary/aromatic N) is 3. The van der Waals surface area contributed by atoms with Gasteiger partial charge < -0.3 is 19.9 Å². The van der Waals surface area contributed by atoms with Gasteiger partial charge in [-0.1, -0.05) is 0 Å². The van der Waals surface area contributed by atoms with Gasteiger partial charge in [0.1, 0.15) is 5.75 Å². The molecular weight excluding hydrogens is 344 g/mol. The normalized spacial score (nSPS) is 14.3. The van der Waals surface area contributed by atoms with E-state index in [9.17, 15) is 0 Å². The first-order valence-electron chi connectivity index (χ1n) is 8.72. The molecule has 0 amide bonds. The number of hydrogen-bond donors (Lipinski definition) is 1. The Kier molecular flexibility index (Phi) is 4.93. The molecule has 1 aliphatic heterocycles. The SMILES string of the molecule is COc1ccc(N2CCN(c3ccc(Nc4nccs4)cc3)CC2)cc1. The van der Waals surface area contributed by atoms with E-state index >= 15 is 0 Å². The van der Waals surface area contributed by atoms with Gasteiger partial charge in [0.25, 0.3) is 0 Å². The molecule has 3 aromatic rings.